The van der Waals surface area contributed by atoms with Gasteiger partial charge in [-0.15, -0.1) is 0 Å². The smallest absolute Gasteiger partial charge is 0.243 e. The number of hydrogen-bond acceptors (Lipinski definition) is 4. The molecule has 2 rings (SSSR count). The minimum absolute atomic E-state index is 0.0814. The number of imidazole rings is 1. The Kier molecular flexibility index (Phi) is 5.09. The van der Waals surface area contributed by atoms with E-state index in [1.165, 1.54) is 18.5 Å². The Bertz CT molecular complexity index is 719. The van der Waals surface area contributed by atoms with Crippen LogP contribution in [0.4, 0.5) is 4.39 Å². The molecule has 1 aromatic carbocycles. The summed E-state index contributed by atoms with van der Waals surface area (Å²) in [5.74, 6) is -0.824. The molecule has 6 nitrogen and oxygen atoms in total. The standard InChI is InChI=1S/C12H14BrFN4O2S/c13-9-3-8(5-15)12(14)11(4-9)21(19,20)18-2-1-10-6-16-7-17-10/h3-4,6-7,18H,1-2,5,15H2,(H,16,17). The van der Waals surface area contributed by atoms with Gasteiger partial charge in [0.1, 0.15) is 10.7 Å². The molecule has 21 heavy (non-hydrogen) atoms. The van der Waals surface area contributed by atoms with E-state index >= 15 is 0 Å². The number of halogens is 2. The number of nitrogens with zero attached hydrogens (tertiary/aromatic N) is 1. The third-order valence-corrected chi connectivity index (χ3v) is 4.75. The van der Waals surface area contributed by atoms with Crippen molar-refractivity contribution in [3.63, 3.8) is 0 Å². The Morgan fingerprint density at radius 3 is 2.81 bits per heavy atom. The third-order valence-electron chi connectivity index (χ3n) is 2.83. The van der Waals surface area contributed by atoms with Gasteiger partial charge in [-0.05, 0) is 12.1 Å². The van der Waals surface area contributed by atoms with Crippen LogP contribution in [-0.4, -0.2) is 24.9 Å². The fourth-order valence-corrected chi connectivity index (χ4v) is 3.61. The lowest BCUT2D eigenvalue weighted by Gasteiger charge is -2.10. The van der Waals surface area contributed by atoms with Gasteiger partial charge in [0.05, 0.1) is 6.33 Å². The van der Waals surface area contributed by atoms with Crippen LogP contribution < -0.4 is 10.5 Å². The maximum absolute atomic E-state index is 14.1. The molecular formula is C12H14BrFN4O2S. The van der Waals surface area contributed by atoms with Crippen LogP contribution in [0.3, 0.4) is 0 Å². The SMILES string of the molecule is NCc1cc(Br)cc(S(=O)(=O)NCCc2cnc[nH]2)c1F. The van der Waals surface area contributed by atoms with E-state index in [4.69, 9.17) is 5.73 Å². The highest BCUT2D eigenvalue weighted by Gasteiger charge is 2.21. The van der Waals surface area contributed by atoms with E-state index in [9.17, 15) is 12.8 Å². The maximum atomic E-state index is 14.1. The number of aromatic nitrogens is 2. The van der Waals surface area contributed by atoms with E-state index in [2.05, 4.69) is 30.6 Å². The Labute approximate surface area is 130 Å². The molecule has 0 saturated carbocycles. The van der Waals surface area contributed by atoms with E-state index in [-0.39, 0.29) is 18.7 Å². The van der Waals surface area contributed by atoms with Gasteiger partial charge in [0.2, 0.25) is 10.0 Å². The predicted molar refractivity (Wildman–Crippen MR) is 79.5 cm³/mol. The van der Waals surface area contributed by atoms with Gasteiger partial charge in [0.15, 0.2) is 0 Å². The van der Waals surface area contributed by atoms with Crippen molar-refractivity contribution in [2.24, 2.45) is 5.73 Å². The van der Waals surface area contributed by atoms with Crippen LogP contribution in [0.1, 0.15) is 11.3 Å². The van der Waals surface area contributed by atoms with Crippen molar-refractivity contribution in [3.05, 3.63) is 46.2 Å². The highest BCUT2D eigenvalue weighted by Crippen LogP contribution is 2.23. The zero-order valence-electron chi connectivity index (χ0n) is 10.9. The molecule has 0 amide bonds. The largest absolute Gasteiger partial charge is 0.348 e. The van der Waals surface area contributed by atoms with Gasteiger partial charge < -0.3 is 10.7 Å². The minimum Gasteiger partial charge on any atom is -0.348 e. The maximum Gasteiger partial charge on any atom is 0.243 e. The van der Waals surface area contributed by atoms with Crippen LogP contribution in [0.15, 0.2) is 34.0 Å². The highest BCUT2D eigenvalue weighted by molar-refractivity contribution is 9.10. The molecule has 0 bridgehead atoms. The summed E-state index contributed by atoms with van der Waals surface area (Å²) in [4.78, 5) is 6.27. The number of nitrogens with one attached hydrogen (secondary N) is 2. The van der Waals surface area contributed by atoms with E-state index in [1.54, 1.807) is 6.20 Å². The van der Waals surface area contributed by atoms with Crippen LogP contribution in [0, 0.1) is 5.82 Å². The normalized spacial score (nSPS) is 11.8. The van der Waals surface area contributed by atoms with Gasteiger partial charge >= 0.3 is 0 Å². The molecular weight excluding hydrogens is 363 g/mol. The number of hydrogen-bond donors (Lipinski definition) is 3. The van der Waals surface area contributed by atoms with E-state index < -0.39 is 20.7 Å². The number of nitrogens with two attached hydrogens (primary N) is 1. The lowest BCUT2D eigenvalue weighted by Crippen LogP contribution is -2.27. The van der Waals surface area contributed by atoms with Crippen LogP contribution >= 0.6 is 15.9 Å². The summed E-state index contributed by atoms with van der Waals surface area (Å²) in [6.07, 6.45) is 3.53. The summed E-state index contributed by atoms with van der Waals surface area (Å²) < 4.78 is 41.3. The van der Waals surface area contributed by atoms with Crippen molar-refractivity contribution < 1.29 is 12.8 Å². The fraction of sp³-hybridized carbons (Fsp3) is 0.250. The van der Waals surface area contributed by atoms with Crippen LogP contribution in [0.25, 0.3) is 0 Å². The van der Waals surface area contributed by atoms with E-state index in [0.717, 1.165) is 5.69 Å². The molecule has 0 atom stereocenters. The Morgan fingerprint density at radius 2 is 2.19 bits per heavy atom. The number of rotatable bonds is 6. The first-order valence-electron chi connectivity index (χ1n) is 6.09. The molecule has 0 radical (unpaired) electrons. The minimum atomic E-state index is -3.94. The van der Waals surface area contributed by atoms with Gasteiger partial charge in [-0.1, -0.05) is 15.9 Å². The molecule has 114 valence electrons. The summed E-state index contributed by atoms with van der Waals surface area (Å²) in [5.41, 5.74) is 6.33. The molecule has 0 saturated heterocycles. The Morgan fingerprint density at radius 1 is 1.43 bits per heavy atom. The summed E-state index contributed by atoms with van der Waals surface area (Å²) >= 11 is 3.15. The first-order valence-corrected chi connectivity index (χ1v) is 8.36. The molecule has 9 heteroatoms. The van der Waals surface area contributed by atoms with Crippen molar-refractivity contribution in [2.45, 2.75) is 17.9 Å². The van der Waals surface area contributed by atoms with E-state index in [1.807, 2.05) is 0 Å². The molecule has 1 heterocycles. The molecule has 0 aliphatic rings. The molecule has 2 aromatic rings. The monoisotopic (exact) mass is 376 g/mol. The second kappa shape index (κ2) is 6.65. The zero-order chi connectivity index (χ0) is 15.5. The lowest BCUT2D eigenvalue weighted by molar-refractivity contribution is 0.549. The number of benzene rings is 1. The van der Waals surface area contributed by atoms with Crippen molar-refractivity contribution in [1.29, 1.82) is 0 Å². The van der Waals surface area contributed by atoms with Crippen molar-refractivity contribution in [1.82, 2.24) is 14.7 Å². The molecule has 0 spiro atoms. The zero-order valence-corrected chi connectivity index (χ0v) is 13.3. The summed E-state index contributed by atoms with van der Waals surface area (Å²) in [6, 6.07) is 2.67. The average molecular weight is 377 g/mol. The predicted octanol–water partition coefficient (Wildman–Crippen LogP) is 1.29. The molecule has 0 aliphatic carbocycles. The molecule has 0 unspecified atom stereocenters. The van der Waals surface area contributed by atoms with Crippen molar-refractivity contribution in [2.75, 3.05) is 6.54 Å². The number of aromatic amines is 1. The molecule has 1 aromatic heterocycles. The quantitative estimate of drug-likeness (QED) is 0.706. The van der Waals surface area contributed by atoms with Gasteiger partial charge in [-0.2, -0.15) is 0 Å². The first-order chi connectivity index (χ1) is 9.94. The summed E-state index contributed by atoms with van der Waals surface area (Å²) in [7, 11) is -3.94. The summed E-state index contributed by atoms with van der Waals surface area (Å²) in [5, 5.41) is 0. The molecule has 0 aliphatic heterocycles. The van der Waals surface area contributed by atoms with Crippen LogP contribution in [-0.2, 0) is 23.0 Å². The van der Waals surface area contributed by atoms with Crippen molar-refractivity contribution >= 4 is 26.0 Å². The topological polar surface area (TPSA) is 101 Å². The van der Waals surface area contributed by atoms with Gasteiger partial charge in [0, 0.05) is 41.4 Å². The fourth-order valence-electron chi connectivity index (χ4n) is 1.78. The third kappa shape index (κ3) is 3.88. The number of H-pyrrole nitrogens is 1. The van der Waals surface area contributed by atoms with E-state index in [0.29, 0.717) is 10.9 Å². The number of sulfonamides is 1. The lowest BCUT2D eigenvalue weighted by atomic mass is 10.2. The summed E-state index contributed by atoms with van der Waals surface area (Å²) in [6.45, 7) is 0.0520. The Hall–Kier alpha value is -1.29. The molecule has 0 fully saturated rings. The van der Waals surface area contributed by atoms with Gasteiger partial charge in [-0.3, -0.25) is 0 Å². The average Bonchev–Trinajstić information content (AvgIpc) is 2.93. The van der Waals surface area contributed by atoms with Crippen LogP contribution in [0.2, 0.25) is 0 Å². The van der Waals surface area contributed by atoms with Gasteiger partial charge in [0.25, 0.3) is 0 Å². The van der Waals surface area contributed by atoms with Crippen molar-refractivity contribution in [3.8, 4) is 0 Å². The molecule has 4 N–H and O–H groups in total. The highest BCUT2D eigenvalue weighted by atomic mass is 79.9. The first kappa shape index (κ1) is 16.1. The second-order valence-corrected chi connectivity index (χ2v) is 6.96. The Balaban J connectivity index is 2.17. The second-order valence-electron chi connectivity index (χ2n) is 4.31. The van der Waals surface area contributed by atoms with Gasteiger partial charge in [-0.25, -0.2) is 22.5 Å². The van der Waals surface area contributed by atoms with Crippen LogP contribution in [0.5, 0.6) is 0 Å².